The number of hydrogen-bond acceptors (Lipinski definition) is 0. The van der Waals surface area contributed by atoms with Gasteiger partial charge in [0.05, 0.1) is 0 Å². The summed E-state index contributed by atoms with van der Waals surface area (Å²) in [6.45, 7) is 0. The molecule has 0 amide bonds. The molecule has 0 fully saturated rings. The van der Waals surface area contributed by atoms with E-state index in [9.17, 15) is 4.39 Å². The lowest BCUT2D eigenvalue weighted by molar-refractivity contribution is 0.630. The van der Waals surface area contributed by atoms with Crippen molar-refractivity contribution in [1.29, 1.82) is 0 Å². The lowest BCUT2D eigenvalue weighted by Gasteiger charge is -2.34. The summed E-state index contributed by atoms with van der Waals surface area (Å²) in [6.07, 6.45) is 0. The lowest BCUT2D eigenvalue weighted by Crippen LogP contribution is -2.68. The van der Waals surface area contributed by atoms with Crippen molar-refractivity contribution < 1.29 is 4.39 Å². The Balaban J connectivity index is 1.76. The van der Waals surface area contributed by atoms with Gasteiger partial charge >= 0.3 is 0 Å². The van der Waals surface area contributed by atoms with Crippen LogP contribution in [-0.4, -0.2) is 8.07 Å². The molecule has 0 bridgehead atoms. The molecule has 0 nitrogen and oxygen atoms in total. The normalized spacial score (nSPS) is 11.5. The molecular weight excluding hydrogens is 395 g/mol. The van der Waals surface area contributed by atoms with Crippen LogP contribution in [0.3, 0.4) is 0 Å². The van der Waals surface area contributed by atoms with E-state index in [2.05, 4.69) is 109 Å². The molecule has 0 aliphatic carbocycles. The zero-order valence-corrected chi connectivity index (χ0v) is 18.2. The number of halogens is 1. The zero-order chi connectivity index (χ0) is 21.1. The van der Waals surface area contributed by atoms with Crippen LogP contribution in [0.15, 0.2) is 127 Å². The van der Waals surface area contributed by atoms with Crippen molar-refractivity contribution in [3.8, 4) is 0 Å². The quantitative estimate of drug-likeness (QED) is 0.271. The summed E-state index contributed by atoms with van der Waals surface area (Å²) < 4.78 is 13.9. The second-order valence-electron chi connectivity index (χ2n) is 8.01. The van der Waals surface area contributed by atoms with E-state index in [4.69, 9.17) is 0 Å². The molecule has 0 saturated carbocycles. The van der Waals surface area contributed by atoms with Crippen LogP contribution < -0.4 is 15.6 Å². The van der Waals surface area contributed by atoms with Crippen molar-refractivity contribution in [2.24, 2.45) is 0 Å². The first-order valence-corrected chi connectivity index (χ1v) is 12.8. The largest absolute Gasteiger partial charge is 0.207 e. The van der Waals surface area contributed by atoms with Gasteiger partial charge in [0.25, 0.3) is 0 Å². The third-order valence-electron chi connectivity index (χ3n) is 6.14. The molecule has 0 saturated heterocycles. The molecule has 0 atom stereocenters. The van der Waals surface area contributed by atoms with Crippen molar-refractivity contribution in [2.45, 2.75) is 6.04 Å². The maximum Gasteiger partial charge on any atom is 0.152 e. The molecule has 0 aliphatic heterocycles. The van der Waals surface area contributed by atoms with Gasteiger partial charge in [-0.25, -0.2) is 4.39 Å². The minimum absolute atomic E-state index is 0.192. The molecule has 150 valence electrons. The van der Waals surface area contributed by atoms with Crippen LogP contribution in [0.4, 0.5) is 4.39 Å². The van der Waals surface area contributed by atoms with Gasteiger partial charge in [0, 0.05) is 0 Å². The molecule has 31 heavy (non-hydrogen) atoms. The monoisotopic (exact) mass is 418 g/mol. The van der Waals surface area contributed by atoms with Gasteiger partial charge in [0.2, 0.25) is 0 Å². The summed E-state index contributed by atoms with van der Waals surface area (Å²) in [7, 11) is -2.36. The summed E-state index contributed by atoms with van der Waals surface area (Å²) in [6, 6.07) is 45.1. The summed E-state index contributed by atoms with van der Waals surface area (Å²) in [5, 5.41) is 6.16. The molecule has 0 aromatic heterocycles. The molecule has 0 unspecified atom stereocenters. The second-order valence-corrected chi connectivity index (χ2v) is 11.9. The number of benzene rings is 5. The summed E-state index contributed by atoms with van der Waals surface area (Å²) in [5.41, 5.74) is 1.24. The number of rotatable bonds is 5. The Kier molecular flexibility index (Phi) is 5.23. The highest BCUT2D eigenvalue weighted by molar-refractivity contribution is 7.11. The Morgan fingerprint density at radius 3 is 1.48 bits per heavy atom. The molecular formula is C29H23FSi. The summed E-state index contributed by atoms with van der Waals surface area (Å²) in [4.78, 5) is 0. The molecule has 0 N–H and O–H groups in total. The van der Waals surface area contributed by atoms with E-state index < -0.39 is 8.07 Å². The Hall–Kier alpha value is -3.49. The fourth-order valence-corrected chi connectivity index (χ4v) is 9.39. The third kappa shape index (κ3) is 3.71. The van der Waals surface area contributed by atoms with Crippen LogP contribution in [-0.2, 0) is 6.04 Å². The van der Waals surface area contributed by atoms with E-state index in [0.717, 1.165) is 16.8 Å². The summed E-state index contributed by atoms with van der Waals surface area (Å²) in [5.74, 6) is -0.192. The van der Waals surface area contributed by atoms with Crippen molar-refractivity contribution in [2.75, 3.05) is 0 Å². The molecule has 0 spiro atoms. The molecule has 5 rings (SSSR count). The lowest BCUT2D eigenvalue weighted by atomic mass is 10.1. The Morgan fingerprint density at radius 2 is 0.968 bits per heavy atom. The predicted molar refractivity (Wildman–Crippen MR) is 132 cm³/mol. The molecule has 0 heterocycles. The van der Waals surface area contributed by atoms with E-state index >= 15 is 0 Å². The van der Waals surface area contributed by atoms with Crippen LogP contribution in [0.1, 0.15) is 5.56 Å². The molecule has 0 radical (unpaired) electrons. The first kappa shape index (κ1) is 19.5. The van der Waals surface area contributed by atoms with Crippen molar-refractivity contribution in [1.82, 2.24) is 0 Å². The van der Waals surface area contributed by atoms with Gasteiger partial charge in [-0.3, -0.25) is 0 Å². The minimum Gasteiger partial charge on any atom is -0.207 e. The van der Waals surface area contributed by atoms with E-state index in [1.54, 1.807) is 6.07 Å². The Labute approximate surface area is 183 Å². The zero-order valence-electron chi connectivity index (χ0n) is 17.2. The van der Waals surface area contributed by atoms with E-state index in [-0.39, 0.29) is 5.82 Å². The van der Waals surface area contributed by atoms with Crippen molar-refractivity contribution >= 4 is 34.4 Å². The van der Waals surface area contributed by atoms with Crippen LogP contribution in [0.25, 0.3) is 10.8 Å². The van der Waals surface area contributed by atoms with Crippen molar-refractivity contribution in [3.63, 3.8) is 0 Å². The number of hydrogen-bond donors (Lipinski definition) is 0. The second kappa shape index (κ2) is 8.33. The number of fused-ring (bicyclic) bond motifs is 1. The standard InChI is InChI=1S/C29H23FSi/c30-26-19-18-24-17-16-23(20-25(24)21-26)22-31(27-10-4-1-5-11-27,28-12-6-2-7-13-28)29-14-8-3-9-15-29/h1-21H,22H2. The average Bonchev–Trinajstić information content (AvgIpc) is 2.84. The van der Waals surface area contributed by atoms with Crippen LogP contribution in [0.2, 0.25) is 0 Å². The van der Waals surface area contributed by atoms with Gasteiger partial charge in [-0.1, -0.05) is 115 Å². The van der Waals surface area contributed by atoms with Crippen LogP contribution in [0, 0.1) is 5.82 Å². The maximum atomic E-state index is 13.9. The van der Waals surface area contributed by atoms with E-state index in [0.29, 0.717) is 0 Å². The van der Waals surface area contributed by atoms with E-state index in [1.807, 2.05) is 6.07 Å². The Morgan fingerprint density at radius 1 is 0.484 bits per heavy atom. The molecule has 5 aromatic carbocycles. The highest BCUT2D eigenvalue weighted by Gasteiger charge is 2.39. The maximum absolute atomic E-state index is 13.9. The van der Waals surface area contributed by atoms with E-state index in [1.165, 1.54) is 27.2 Å². The third-order valence-corrected chi connectivity index (χ3v) is 11.0. The molecule has 2 heteroatoms. The van der Waals surface area contributed by atoms with Crippen LogP contribution >= 0.6 is 0 Å². The molecule has 5 aromatic rings. The first-order valence-electron chi connectivity index (χ1n) is 10.6. The van der Waals surface area contributed by atoms with Gasteiger partial charge in [-0.15, -0.1) is 0 Å². The van der Waals surface area contributed by atoms with Gasteiger partial charge in [-0.05, 0) is 50.1 Å². The van der Waals surface area contributed by atoms with Crippen LogP contribution in [0.5, 0.6) is 0 Å². The first-order chi connectivity index (χ1) is 15.3. The fraction of sp³-hybridized carbons (Fsp3) is 0.0345. The summed E-state index contributed by atoms with van der Waals surface area (Å²) >= 11 is 0. The average molecular weight is 419 g/mol. The fourth-order valence-electron chi connectivity index (χ4n) is 4.66. The van der Waals surface area contributed by atoms with Gasteiger partial charge < -0.3 is 0 Å². The smallest absolute Gasteiger partial charge is 0.152 e. The van der Waals surface area contributed by atoms with Gasteiger partial charge in [0.15, 0.2) is 8.07 Å². The SMILES string of the molecule is Fc1ccc2ccc(C[Si](c3ccccc3)(c3ccccc3)c3ccccc3)cc2c1. The van der Waals surface area contributed by atoms with Gasteiger partial charge in [-0.2, -0.15) is 0 Å². The molecule has 0 aliphatic rings. The highest BCUT2D eigenvalue weighted by atomic mass is 28.3. The van der Waals surface area contributed by atoms with Crippen molar-refractivity contribution in [3.05, 3.63) is 139 Å². The predicted octanol–water partition coefficient (Wildman–Crippen LogP) is 5.23. The Bertz CT molecular complexity index is 1200. The highest BCUT2D eigenvalue weighted by Crippen LogP contribution is 2.21. The minimum atomic E-state index is -2.36. The topological polar surface area (TPSA) is 0 Å². The van der Waals surface area contributed by atoms with Gasteiger partial charge in [0.1, 0.15) is 5.82 Å².